The Morgan fingerprint density at radius 3 is 1.29 bits per heavy atom. The van der Waals surface area contributed by atoms with Crippen molar-refractivity contribution in [3.63, 3.8) is 0 Å². The molecule has 2 aromatic carbocycles. The zero-order valence-corrected chi connectivity index (χ0v) is 16.1. The Labute approximate surface area is 165 Å². The van der Waals surface area contributed by atoms with Gasteiger partial charge in [-0.3, -0.25) is 0 Å². The van der Waals surface area contributed by atoms with Gasteiger partial charge in [0.15, 0.2) is 0 Å². The number of hydrogen-bond donors (Lipinski definition) is 4. The summed E-state index contributed by atoms with van der Waals surface area (Å²) in [6.45, 7) is 6.91. The number of carboxylic acids is 2. The predicted molar refractivity (Wildman–Crippen MR) is 108 cm³/mol. The number of benzene rings is 2. The molecule has 0 aromatic heterocycles. The van der Waals surface area contributed by atoms with Gasteiger partial charge in [0.05, 0.1) is 23.3 Å². The standard InChI is InChI=1S/C8H16O2.2C7H6O2/c1-4-5-8(6(2)9)7(3)10;2*8-7(9)6-4-2-1-3-5-6/h4,6-10H,1,5H2,2-3H3;2*1-5H,(H,8,9). The van der Waals surface area contributed by atoms with E-state index < -0.39 is 24.1 Å². The Kier molecular flexibility index (Phi) is 12.6. The van der Waals surface area contributed by atoms with Gasteiger partial charge < -0.3 is 20.4 Å². The van der Waals surface area contributed by atoms with Crippen LogP contribution in [0.15, 0.2) is 73.3 Å². The molecule has 0 radical (unpaired) electrons. The first kappa shape index (κ1) is 25.0. The van der Waals surface area contributed by atoms with Crippen LogP contribution in [0.2, 0.25) is 0 Å². The molecule has 2 rings (SSSR count). The van der Waals surface area contributed by atoms with Crippen molar-refractivity contribution in [3.05, 3.63) is 84.4 Å². The molecule has 0 aliphatic heterocycles. The number of carbonyl (C=O) groups is 2. The second-order valence-corrected chi connectivity index (χ2v) is 6.01. The summed E-state index contributed by atoms with van der Waals surface area (Å²) >= 11 is 0. The monoisotopic (exact) mass is 388 g/mol. The molecular formula is C22H28O6. The SMILES string of the molecule is C=CCC(C(C)O)C(C)O.O=C(O)c1ccccc1.O=C(O)c1ccccc1. The zero-order chi connectivity index (χ0) is 21.5. The van der Waals surface area contributed by atoms with Crippen LogP contribution in [-0.4, -0.2) is 44.6 Å². The maximum atomic E-state index is 10.2. The van der Waals surface area contributed by atoms with E-state index in [0.717, 1.165) is 0 Å². The topological polar surface area (TPSA) is 115 Å². The van der Waals surface area contributed by atoms with Crippen LogP contribution in [0, 0.1) is 5.92 Å². The highest BCUT2D eigenvalue weighted by molar-refractivity contribution is 5.87. The van der Waals surface area contributed by atoms with Gasteiger partial charge in [-0.2, -0.15) is 0 Å². The third-order valence-corrected chi connectivity index (χ3v) is 3.72. The minimum absolute atomic E-state index is 0.0718. The van der Waals surface area contributed by atoms with E-state index in [1.165, 1.54) is 0 Å². The van der Waals surface area contributed by atoms with Crippen LogP contribution in [0.25, 0.3) is 0 Å². The third kappa shape index (κ3) is 10.9. The molecule has 0 spiro atoms. The van der Waals surface area contributed by atoms with Crippen molar-refractivity contribution in [1.82, 2.24) is 0 Å². The maximum Gasteiger partial charge on any atom is 0.335 e. The number of aromatic carboxylic acids is 2. The third-order valence-electron chi connectivity index (χ3n) is 3.72. The van der Waals surface area contributed by atoms with Crippen molar-refractivity contribution in [2.45, 2.75) is 32.5 Å². The van der Waals surface area contributed by atoms with Crippen molar-refractivity contribution in [3.8, 4) is 0 Å². The average Bonchev–Trinajstić information content (AvgIpc) is 2.68. The van der Waals surface area contributed by atoms with Gasteiger partial charge in [-0.25, -0.2) is 9.59 Å². The summed E-state index contributed by atoms with van der Waals surface area (Å²) in [4.78, 5) is 20.4. The summed E-state index contributed by atoms with van der Waals surface area (Å²) in [5, 5.41) is 35.0. The van der Waals surface area contributed by atoms with E-state index in [1.54, 1.807) is 80.6 Å². The van der Waals surface area contributed by atoms with E-state index in [-0.39, 0.29) is 5.92 Å². The fraction of sp³-hybridized carbons (Fsp3) is 0.273. The summed E-state index contributed by atoms with van der Waals surface area (Å²) in [5.74, 6) is -1.83. The fourth-order valence-corrected chi connectivity index (χ4v) is 2.15. The minimum Gasteiger partial charge on any atom is -0.478 e. The summed E-state index contributed by atoms with van der Waals surface area (Å²) in [5.41, 5.74) is 0.662. The van der Waals surface area contributed by atoms with Gasteiger partial charge in [-0.1, -0.05) is 42.5 Å². The second kappa shape index (κ2) is 14.1. The quantitative estimate of drug-likeness (QED) is 0.561. The summed E-state index contributed by atoms with van der Waals surface area (Å²) in [6, 6.07) is 16.6. The lowest BCUT2D eigenvalue weighted by Crippen LogP contribution is -2.26. The summed E-state index contributed by atoms with van der Waals surface area (Å²) in [7, 11) is 0. The molecule has 152 valence electrons. The van der Waals surface area contributed by atoms with Crippen molar-refractivity contribution >= 4 is 11.9 Å². The summed E-state index contributed by atoms with van der Waals surface area (Å²) < 4.78 is 0. The molecule has 0 saturated heterocycles. The molecule has 0 aliphatic carbocycles. The number of allylic oxidation sites excluding steroid dienone is 1. The van der Waals surface area contributed by atoms with E-state index in [0.29, 0.717) is 17.5 Å². The molecule has 2 unspecified atom stereocenters. The van der Waals surface area contributed by atoms with Gasteiger partial charge in [0.2, 0.25) is 0 Å². The molecule has 0 aliphatic rings. The highest BCUT2D eigenvalue weighted by atomic mass is 16.4. The first-order valence-electron chi connectivity index (χ1n) is 8.74. The predicted octanol–water partition coefficient (Wildman–Crippen LogP) is 3.71. The Morgan fingerprint density at radius 1 is 0.821 bits per heavy atom. The second-order valence-electron chi connectivity index (χ2n) is 6.01. The molecule has 0 fully saturated rings. The largest absolute Gasteiger partial charge is 0.478 e. The molecule has 0 heterocycles. The van der Waals surface area contributed by atoms with E-state index >= 15 is 0 Å². The van der Waals surface area contributed by atoms with Crippen LogP contribution in [0.3, 0.4) is 0 Å². The van der Waals surface area contributed by atoms with Crippen LogP contribution in [-0.2, 0) is 0 Å². The molecule has 0 amide bonds. The molecule has 2 atom stereocenters. The Balaban J connectivity index is 0.000000391. The van der Waals surface area contributed by atoms with Crippen LogP contribution in [0.1, 0.15) is 41.0 Å². The Morgan fingerprint density at radius 2 is 1.14 bits per heavy atom. The molecule has 0 bridgehead atoms. The normalized spacial score (nSPS) is 12.7. The number of aliphatic hydroxyl groups excluding tert-OH is 2. The van der Waals surface area contributed by atoms with Crippen molar-refractivity contribution in [2.75, 3.05) is 0 Å². The molecule has 0 saturated carbocycles. The zero-order valence-electron chi connectivity index (χ0n) is 16.1. The first-order chi connectivity index (χ1) is 13.2. The summed E-state index contributed by atoms with van der Waals surface area (Å²) in [6.07, 6.45) is 1.45. The van der Waals surface area contributed by atoms with Crippen LogP contribution >= 0.6 is 0 Å². The van der Waals surface area contributed by atoms with E-state index in [9.17, 15) is 9.59 Å². The molecule has 6 nitrogen and oxygen atoms in total. The highest BCUT2D eigenvalue weighted by Crippen LogP contribution is 2.13. The van der Waals surface area contributed by atoms with E-state index in [1.807, 2.05) is 0 Å². The van der Waals surface area contributed by atoms with Crippen molar-refractivity contribution in [1.29, 1.82) is 0 Å². The van der Waals surface area contributed by atoms with Crippen molar-refractivity contribution in [2.24, 2.45) is 5.92 Å². The first-order valence-corrected chi connectivity index (χ1v) is 8.74. The lowest BCUT2D eigenvalue weighted by molar-refractivity contribution is 0.0335. The van der Waals surface area contributed by atoms with Gasteiger partial charge in [0.25, 0.3) is 0 Å². The molecule has 4 N–H and O–H groups in total. The number of carboxylic acid groups (broad SMARTS) is 2. The van der Waals surface area contributed by atoms with Gasteiger partial charge >= 0.3 is 11.9 Å². The van der Waals surface area contributed by atoms with Crippen LogP contribution < -0.4 is 0 Å². The molecule has 6 heteroatoms. The Hall–Kier alpha value is -2.96. The molecule has 28 heavy (non-hydrogen) atoms. The number of hydrogen-bond acceptors (Lipinski definition) is 4. The number of aliphatic hydroxyl groups is 2. The highest BCUT2D eigenvalue weighted by Gasteiger charge is 2.18. The molecule has 2 aromatic rings. The maximum absolute atomic E-state index is 10.2. The lowest BCUT2D eigenvalue weighted by Gasteiger charge is -2.20. The van der Waals surface area contributed by atoms with Gasteiger partial charge in [-0.05, 0) is 44.5 Å². The fourth-order valence-electron chi connectivity index (χ4n) is 2.15. The smallest absolute Gasteiger partial charge is 0.335 e. The Bertz CT molecular complexity index is 638. The van der Waals surface area contributed by atoms with Crippen LogP contribution in [0.5, 0.6) is 0 Å². The van der Waals surface area contributed by atoms with Gasteiger partial charge in [-0.15, -0.1) is 6.58 Å². The van der Waals surface area contributed by atoms with Crippen LogP contribution in [0.4, 0.5) is 0 Å². The van der Waals surface area contributed by atoms with E-state index in [4.69, 9.17) is 20.4 Å². The average molecular weight is 388 g/mol. The number of rotatable bonds is 6. The van der Waals surface area contributed by atoms with Crippen molar-refractivity contribution < 1.29 is 30.0 Å². The lowest BCUT2D eigenvalue weighted by atomic mass is 9.94. The van der Waals surface area contributed by atoms with E-state index in [2.05, 4.69) is 6.58 Å². The van der Waals surface area contributed by atoms with Gasteiger partial charge in [0, 0.05) is 5.92 Å². The minimum atomic E-state index is -0.879. The van der Waals surface area contributed by atoms with Gasteiger partial charge in [0.1, 0.15) is 0 Å². The molecular weight excluding hydrogens is 360 g/mol.